The maximum absolute atomic E-state index is 4.34. The van der Waals surface area contributed by atoms with Gasteiger partial charge in [0.15, 0.2) is 5.96 Å². The normalized spacial score (nSPS) is 14.8. The maximum Gasteiger partial charge on any atom is 0.191 e. The van der Waals surface area contributed by atoms with Crippen molar-refractivity contribution in [2.75, 3.05) is 33.2 Å². The average Bonchev–Trinajstić information content (AvgIpc) is 3.09. The second-order valence-corrected chi connectivity index (χ2v) is 7.06. The van der Waals surface area contributed by atoms with Crippen LogP contribution in [0.1, 0.15) is 51.3 Å². The smallest absolute Gasteiger partial charge is 0.191 e. The van der Waals surface area contributed by atoms with Gasteiger partial charge in [-0.25, -0.2) is 0 Å². The Kier molecular flexibility index (Phi) is 9.96. The first-order valence-corrected chi connectivity index (χ1v) is 9.71. The standard InChI is InChI=1S/C18H34N4S/c1-6-22(7-2)12-8-10-16(4)21-18(19-5)20-14-15(3)17-11-9-13-23-17/h9,11,13,15-16H,6-8,10,12,14H2,1-5H3,(H2,19,20,21). The first-order valence-electron chi connectivity index (χ1n) is 8.83. The van der Waals surface area contributed by atoms with Gasteiger partial charge in [-0.1, -0.05) is 26.8 Å². The van der Waals surface area contributed by atoms with Crippen LogP contribution in [0.3, 0.4) is 0 Å². The van der Waals surface area contributed by atoms with E-state index in [2.05, 4.69) is 65.7 Å². The lowest BCUT2D eigenvalue weighted by Crippen LogP contribution is -2.43. The van der Waals surface area contributed by atoms with Crippen molar-refractivity contribution in [2.45, 2.75) is 52.5 Å². The second-order valence-electron chi connectivity index (χ2n) is 6.08. The van der Waals surface area contributed by atoms with Gasteiger partial charge in [0.25, 0.3) is 0 Å². The molecular weight excluding hydrogens is 304 g/mol. The van der Waals surface area contributed by atoms with Gasteiger partial charge in [0.05, 0.1) is 0 Å². The number of rotatable bonds is 10. The molecule has 2 atom stereocenters. The van der Waals surface area contributed by atoms with Crippen molar-refractivity contribution in [2.24, 2.45) is 4.99 Å². The molecule has 0 aliphatic carbocycles. The first kappa shape index (κ1) is 20.0. The Morgan fingerprint density at radius 2 is 2.04 bits per heavy atom. The molecule has 1 rings (SSSR count). The molecule has 0 saturated carbocycles. The van der Waals surface area contributed by atoms with Crippen molar-refractivity contribution in [3.63, 3.8) is 0 Å². The van der Waals surface area contributed by atoms with Crippen LogP contribution in [0.15, 0.2) is 22.5 Å². The molecule has 0 bridgehead atoms. The average molecular weight is 339 g/mol. The molecule has 0 aliphatic rings. The Morgan fingerprint density at radius 1 is 1.30 bits per heavy atom. The van der Waals surface area contributed by atoms with Crippen molar-refractivity contribution >= 4 is 17.3 Å². The quantitative estimate of drug-likeness (QED) is 0.506. The third-order valence-electron chi connectivity index (χ3n) is 4.22. The molecule has 0 aliphatic heterocycles. The molecule has 23 heavy (non-hydrogen) atoms. The number of guanidine groups is 1. The molecule has 132 valence electrons. The second kappa shape index (κ2) is 11.5. The molecular formula is C18H34N4S. The number of thiophene rings is 1. The summed E-state index contributed by atoms with van der Waals surface area (Å²) in [6.07, 6.45) is 2.39. The Bertz CT molecular complexity index is 426. The van der Waals surface area contributed by atoms with Crippen LogP contribution >= 0.6 is 11.3 Å². The van der Waals surface area contributed by atoms with Crippen molar-refractivity contribution in [1.29, 1.82) is 0 Å². The van der Waals surface area contributed by atoms with Gasteiger partial charge in [0.2, 0.25) is 0 Å². The molecule has 0 fully saturated rings. The molecule has 0 radical (unpaired) electrons. The summed E-state index contributed by atoms with van der Waals surface area (Å²) in [5, 5.41) is 9.08. The molecule has 0 aromatic carbocycles. The molecule has 0 spiro atoms. The predicted molar refractivity (Wildman–Crippen MR) is 104 cm³/mol. The van der Waals surface area contributed by atoms with Crippen molar-refractivity contribution in [3.8, 4) is 0 Å². The summed E-state index contributed by atoms with van der Waals surface area (Å²) in [6, 6.07) is 4.75. The van der Waals surface area contributed by atoms with Crippen molar-refractivity contribution in [1.82, 2.24) is 15.5 Å². The lowest BCUT2D eigenvalue weighted by atomic mass is 10.1. The minimum atomic E-state index is 0.439. The highest BCUT2D eigenvalue weighted by molar-refractivity contribution is 7.10. The molecule has 2 N–H and O–H groups in total. The SMILES string of the molecule is CCN(CC)CCCC(C)NC(=NC)NCC(C)c1cccs1. The third kappa shape index (κ3) is 7.84. The number of hydrogen-bond donors (Lipinski definition) is 2. The van der Waals surface area contributed by atoms with Gasteiger partial charge in [-0.05, 0) is 50.8 Å². The van der Waals surface area contributed by atoms with Gasteiger partial charge in [-0.3, -0.25) is 4.99 Å². The van der Waals surface area contributed by atoms with E-state index >= 15 is 0 Å². The van der Waals surface area contributed by atoms with E-state index in [1.807, 2.05) is 18.4 Å². The van der Waals surface area contributed by atoms with E-state index in [1.165, 1.54) is 17.8 Å². The van der Waals surface area contributed by atoms with Crippen molar-refractivity contribution < 1.29 is 0 Å². The van der Waals surface area contributed by atoms with E-state index in [4.69, 9.17) is 0 Å². The van der Waals surface area contributed by atoms with Gasteiger partial charge >= 0.3 is 0 Å². The lowest BCUT2D eigenvalue weighted by Gasteiger charge is -2.21. The molecule has 2 unspecified atom stereocenters. The molecule has 5 heteroatoms. The molecule has 0 saturated heterocycles. The molecule has 0 amide bonds. The summed E-state index contributed by atoms with van der Waals surface area (Å²) in [4.78, 5) is 8.24. The number of aliphatic imine (C=N–C) groups is 1. The van der Waals surface area contributed by atoms with Gasteiger partial charge in [0, 0.05) is 30.4 Å². The van der Waals surface area contributed by atoms with E-state index in [0.29, 0.717) is 12.0 Å². The third-order valence-corrected chi connectivity index (χ3v) is 5.32. The van der Waals surface area contributed by atoms with Crippen LogP contribution in [0.2, 0.25) is 0 Å². The van der Waals surface area contributed by atoms with Gasteiger partial charge in [0.1, 0.15) is 0 Å². The van der Waals surface area contributed by atoms with E-state index < -0.39 is 0 Å². The number of hydrogen-bond acceptors (Lipinski definition) is 3. The Labute approximate surface area is 146 Å². The summed E-state index contributed by atoms with van der Waals surface area (Å²) >= 11 is 1.82. The fourth-order valence-corrected chi connectivity index (χ4v) is 3.37. The van der Waals surface area contributed by atoms with Crippen LogP contribution in [0, 0.1) is 0 Å². The Hall–Kier alpha value is -1.07. The predicted octanol–water partition coefficient (Wildman–Crippen LogP) is 3.53. The summed E-state index contributed by atoms with van der Waals surface area (Å²) in [5.41, 5.74) is 0. The molecule has 1 heterocycles. The number of nitrogens with one attached hydrogen (secondary N) is 2. The lowest BCUT2D eigenvalue weighted by molar-refractivity contribution is 0.292. The van der Waals surface area contributed by atoms with Crippen LogP contribution in [0.4, 0.5) is 0 Å². The fraction of sp³-hybridized carbons (Fsp3) is 0.722. The zero-order valence-corrected chi connectivity index (χ0v) is 16.2. The maximum atomic E-state index is 4.34. The highest BCUT2D eigenvalue weighted by Gasteiger charge is 2.09. The topological polar surface area (TPSA) is 39.7 Å². The van der Waals surface area contributed by atoms with E-state index in [0.717, 1.165) is 32.0 Å². The summed E-state index contributed by atoms with van der Waals surface area (Å²) in [6.45, 7) is 13.3. The van der Waals surface area contributed by atoms with E-state index in [-0.39, 0.29) is 0 Å². The minimum absolute atomic E-state index is 0.439. The Balaban J connectivity index is 2.27. The zero-order valence-electron chi connectivity index (χ0n) is 15.4. The van der Waals surface area contributed by atoms with E-state index in [1.54, 1.807) is 0 Å². The fourth-order valence-electron chi connectivity index (χ4n) is 2.58. The highest BCUT2D eigenvalue weighted by Crippen LogP contribution is 2.19. The molecule has 1 aromatic heterocycles. The van der Waals surface area contributed by atoms with Crippen LogP contribution < -0.4 is 10.6 Å². The zero-order chi connectivity index (χ0) is 17.1. The van der Waals surface area contributed by atoms with Crippen LogP contribution in [-0.2, 0) is 0 Å². The minimum Gasteiger partial charge on any atom is -0.356 e. The Morgan fingerprint density at radius 3 is 2.61 bits per heavy atom. The largest absolute Gasteiger partial charge is 0.356 e. The van der Waals surface area contributed by atoms with Gasteiger partial charge in [-0.15, -0.1) is 11.3 Å². The monoisotopic (exact) mass is 338 g/mol. The summed E-state index contributed by atoms with van der Waals surface area (Å²) in [7, 11) is 1.84. The van der Waals surface area contributed by atoms with Crippen LogP contribution in [-0.4, -0.2) is 50.1 Å². The first-order chi connectivity index (χ1) is 11.1. The molecule has 1 aromatic rings. The summed E-state index contributed by atoms with van der Waals surface area (Å²) < 4.78 is 0. The van der Waals surface area contributed by atoms with Crippen LogP contribution in [0.25, 0.3) is 0 Å². The van der Waals surface area contributed by atoms with Gasteiger partial charge < -0.3 is 15.5 Å². The summed E-state index contributed by atoms with van der Waals surface area (Å²) in [5.74, 6) is 1.41. The van der Waals surface area contributed by atoms with Crippen LogP contribution in [0.5, 0.6) is 0 Å². The van der Waals surface area contributed by atoms with Gasteiger partial charge in [-0.2, -0.15) is 0 Å². The molecule has 4 nitrogen and oxygen atoms in total. The van der Waals surface area contributed by atoms with E-state index in [9.17, 15) is 0 Å². The van der Waals surface area contributed by atoms with Crippen molar-refractivity contribution in [3.05, 3.63) is 22.4 Å². The number of nitrogens with zero attached hydrogens (tertiary/aromatic N) is 2. The highest BCUT2D eigenvalue weighted by atomic mass is 32.1.